The summed E-state index contributed by atoms with van der Waals surface area (Å²) in [7, 11) is 0. The highest BCUT2D eigenvalue weighted by molar-refractivity contribution is 7.15. The molecule has 1 aromatic rings. The van der Waals surface area contributed by atoms with Crippen molar-refractivity contribution in [3.05, 3.63) is 10.6 Å². The van der Waals surface area contributed by atoms with Gasteiger partial charge in [0.05, 0.1) is 23.3 Å². The number of thiazole rings is 1. The second-order valence-corrected chi connectivity index (χ2v) is 5.50. The Bertz CT molecular complexity index is 381. The number of aliphatic hydroxyl groups is 1. The predicted octanol–water partition coefficient (Wildman–Crippen LogP) is 2.38. The number of hydrogen-bond acceptors (Lipinski definition) is 5. The highest BCUT2D eigenvalue weighted by Crippen LogP contribution is 2.37. The van der Waals surface area contributed by atoms with E-state index in [-0.39, 0.29) is 6.10 Å². The van der Waals surface area contributed by atoms with E-state index in [1.165, 1.54) is 0 Å². The Morgan fingerprint density at radius 3 is 3.00 bits per heavy atom. The number of aromatic nitrogens is 1. The summed E-state index contributed by atoms with van der Waals surface area (Å²) in [5.41, 5.74) is 1.10. The van der Waals surface area contributed by atoms with Gasteiger partial charge in [0, 0.05) is 19.7 Å². The molecular formula is C13H22N2O2S. The maximum Gasteiger partial charge on any atom is 0.185 e. The number of anilines is 1. The van der Waals surface area contributed by atoms with Crippen molar-refractivity contribution >= 4 is 16.5 Å². The molecule has 0 saturated heterocycles. The van der Waals surface area contributed by atoms with Crippen LogP contribution in [0.1, 0.15) is 43.4 Å². The van der Waals surface area contributed by atoms with Gasteiger partial charge in [-0.2, -0.15) is 0 Å². The zero-order valence-corrected chi connectivity index (χ0v) is 12.0. The normalized spacial score (nSPS) is 18.7. The first kappa shape index (κ1) is 13.8. The van der Waals surface area contributed by atoms with Gasteiger partial charge in [-0.15, -0.1) is 0 Å². The van der Waals surface area contributed by atoms with Gasteiger partial charge in [0.25, 0.3) is 0 Å². The molecule has 0 saturated carbocycles. The minimum absolute atomic E-state index is 0.300. The summed E-state index contributed by atoms with van der Waals surface area (Å²) in [5, 5.41) is 11.0. The summed E-state index contributed by atoms with van der Waals surface area (Å²) < 4.78 is 5.40. The Morgan fingerprint density at radius 2 is 2.33 bits per heavy atom. The van der Waals surface area contributed by atoms with Crippen molar-refractivity contribution in [3.63, 3.8) is 0 Å². The van der Waals surface area contributed by atoms with E-state index in [4.69, 9.17) is 4.74 Å². The molecule has 18 heavy (non-hydrogen) atoms. The van der Waals surface area contributed by atoms with Gasteiger partial charge >= 0.3 is 0 Å². The number of rotatable bonds is 6. The molecule has 2 rings (SSSR count). The van der Waals surface area contributed by atoms with Crippen molar-refractivity contribution in [2.75, 3.05) is 31.2 Å². The molecule has 0 spiro atoms. The molecule has 0 bridgehead atoms. The van der Waals surface area contributed by atoms with Crippen LogP contribution in [0.2, 0.25) is 0 Å². The Hall–Kier alpha value is -0.650. The molecule has 1 aliphatic carbocycles. The molecule has 1 heterocycles. The summed E-state index contributed by atoms with van der Waals surface area (Å²) >= 11 is 1.64. The molecule has 1 aromatic heterocycles. The number of nitrogens with zero attached hydrogens (tertiary/aromatic N) is 2. The third-order valence-electron chi connectivity index (χ3n) is 3.27. The molecule has 0 fully saturated rings. The SMILES string of the molecule is CCOCCN(CC)c1nc2c(s1)C(O)CCC2. The third kappa shape index (κ3) is 3.02. The lowest BCUT2D eigenvalue weighted by atomic mass is 10.0. The topological polar surface area (TPSA) is 45.6 Å². The lowest BCUT2D eigenvalue weighted by Gasteiger charge is -2.19. The average Bonchev–Trinajstić information content (AvgIpc) is 2.80. The van der Waals surface area contributed by atoms with Crippen LogP contribution in [0, 0.1) is 0 Å². The quantitative estimate of drug-likeness (QED) is 0.806. The van der Waals surface area contributed by atoms with E-state index in [2.05, 4.69) is 16.8 Å². The standard InChI is InChI=1S/C13H22N2O2S/c1-3-15(8-9-17-4-2)13-14-10-6-5-7-11(16)12(10)18-13/h11,16H,3-9H2,1-2H3. The average molecular weight is 270 g/mol. The first-order valence-corrected chi connectivity index (χ1v) is 7.58. The Morgan fingerprint density at radius 1 is 1.50 bits per heavy atom. The van der Waals surface area contributed by atoms with Gasteiger partial charge in [-0.3, -0.25) is 0 Å². The molecule has 5 heteroatoms. The van der Waals surface area contributed by atoms with Crippen LogP contribution in [-0.2, 0) is 11.2 Å². The number of aryl methyl sites for hydroxylation is 1. The fourth-order valence-corrected chi connectivity index (χ4v) is 3.45. The summed E-state index contributed by atoms with van der Waals surface area (Å²) in [6.07, 6.45) is 2.62. The van der Waals surface area contributed by atoms with Gasteiger partial charge in [-0.25, -0.2) is 4.98 Å². The summed E-state index contributed by atoms with van der Waals surface area (Å²) in [6.45, 7) is 7.42. The Balaban J connectivity index is 2.06. The number of ether oxygens (including phenoxy) is 1. The molecule has 0 aliphatic heterocycles. The molecule has 1 unspecified atom stereocenters. The van der Waals surface area contributed by atoms with Gasteiger partial charge < -0.3 is 14.7 Å². The molecule has 0 aromatic carbocycles. The molecule has 1 atom stereocenters. The monoisotopic (exact) mass is 270 g/mol. The maximum absolute atomic E-state index is 9.97. The highest BCUT2D eigenvalue weighted by Gasteiger charge is 2.24. The van der Waals surface area contributed by atoms with Crippen LogP contribution >= 0.6 is 11.3 Å². The molecule has 102 valence electrons. The number of hydrogen-bond donors (Lipinski definition) is 1. The lowest BCUT2D eigenvalue weighted by molar-refractivity contribution is 0.154. The van der Waals surface area contributed by atoms with Crippen LogP contribution in [0.15, 0.2) is 0 Å². The van der Waals surface area contributed by atoms with Gasteiger partial charge in [0.1, 0.15) is 0 Å². The van der Waals surface area contributed by atoms with Crippen LogP contribution in [0.5, 0.6) is 0 Å². The van der Waals surface area contributed by atoms with Crippen molar-refractivity contribution in [1.82, 2.24) is 4.98 Å². The fraction of sp³-hybridized carbons (Fsp3) is 0.769. The van der Waals surface area contributed by atoms with Gasteiger partial charge in [-0.1, -0.05) is 11.3 Å². The molecule has 0 amide bonds. The summed E-state index contributed by atoms with van der Waals surface area (Å²) in [5.74, 6) is 0. The van der Waals surface area contributed by atoms with Crippen molar-refractivity contribution in [2.45, 2.75) is 39.2 Å². The molecule has 4 nitrogen and oxygen atoms in total. The van der Waals surface area contributed by atoms with E-state index in [0.717, 1.165) is 61.3 Å². The van der Waals surface area contributed by atoms with Gasteiger partial charge in [0.15, 0.2) is 5.13 Å². The summed E-state index contributed by atoms with van der Waals surface area (Å²) in [6, 6.07) is 0. The summed E-state index contributed by atoms with van der Waals surface area (Å²) in [4.78, 5) is 7.98. The first-order chi connectivity index (χ1) is 8.76. The van der Waals surface area contributed by atoms with E-state index >= 15 is 0 Å². The highest BCUT2D eigenvalue weighted by atomic mass is 32.1. The second-order valence-electron chi connectivity index (χ2n) is 4.49. The molecule has 1 N–H and O–H groups in total. The minimum Gasteiger partial charge on any atom is -0.388 e. The van der Waals surface area contributed by atoms with Crippen molar-refractivity contribution in [1.29, 1.82) is 0 Å². The number of fused-ring (bicyclic) bond motifs is 1. The second kappa shape index (κ2) is 6.50. The Labute approximate surface area is 113 Å². The zero-order valence-electron chi connectivity index (χ0n) is 11.2. The van der Waals surface area contributed by atoms with Crippen LogP contribution in [0.25, 0.3) is 0 Å². The van der Waals surface area contributed by atoms with Crippen LogP contribution < -0.4 is 4.90 Å². The predicted molar refractivity (Wildman–Crippen MR) is 74.4 cm³/mol. The van der Waals surface area contributed by atoms with Crippen LogP contribution in [0.4, 0.5) is 5.13 Å². The van der Waals surface area contributed by atoms with Crippen molar-refractivity contribution in [3.8, 4) is 0 Å². The van der Waals surface area contributed by atoms with E-state index in [0.29, 0.717) is 0 Å². The van der Waals surface area contributed by atoms with Crippen molar-refractivity contribution in [2.24, 2.45) is 0 Å². The maximum atomic E-state index is 9.97. The number of aliphatic hydroxyl groups excluding tert-OH is 1. The Kier molecular flexibility index (Phi) is 4.97. The largest absolute Gasteiger partial charge is 0.388 e. The zero-order chi connectivity index (χ0) is 13.0. The molecule has 1 aliphatic rings. The lowest BCUT2D eigenvalue weighted by Crippen LogP contribution is -2.27. The first-order valence-electron chi connectivity index (χ1n) is 6.76. The van der Waals surface area contributed by atoms with Gasteiger partial charge in [-0.05, 0) is 33.1 Å². The smallest absolute Gasteiger partial charge is 0.185 e. The number of likely N-dealkylation sites (N-methyl/N-ethyl adjacent to an activating group) is 1. The van der Waals surface area contributed by atoms with E-state index in [1.807, 2.05) is 6.92 Å². The van der Waals surface area contributed by atoms with Crippen LogP contribution in [0.3, 0.4) is 0 Å². The fourth-order valence-electron chi connectivity index (χ4n) is 2.23. The third-order valence-corrected chi connectivity index (χ3v) is 4.53. The minimum atomic E-state index is -0.300. The molecular weight excluding hydrogens is 248 g/mol. The van der Waals surface area contributed by atoms with Gasteiger partial charge in [0.2, 0.25) is 0 Å². The van der Waals surface area contributed by atoms with Crippen LogP contribution in [-0.4, -0.2) is 36.4 Å². The molecule has 0 radical (unpaired) electrons. The van der Waals surface area contributed by atoms with Crippen molar-refractivity contribution < 1.29 is 9.84 Å². The van der Waals surface area contributed by atoms with E-state index in [1.54, 1.807) is 11.3 Å². The van der Waals surface area contributed by atoms with E-state index < -0.39 is 0 Å². The van der Waals surface area contributed by atoms with E-state index in [9.17, 15) is 5.11 Å².